The van der Waals surface area contributed by atoms with Crippen LogP contribution in [0.5, 0.6) is 0 Å². The molecule has 31 heavy (non-hydrogen) atoms. The van der Waals surface area contributed by atoms with Crippen molar-refractivity contribution in [3.63, 3.8) is 0 Å². The second-order valence-electron chi connectivity index (χ2n) is 8.91. The summed E-state index contributed by atoms with van der Waals surface area (Å²) < 4.78 is 1.49. The Balaban J connectivity index is 1.31. The van der Waals surface area contributed by atoms with Crippen molar-refractivity contribution < 1.29 is 4.79 Å². The van der Waals surface area contributed by atoms with Gasteiger partial charge < -0.3 is 9.80 Å². The van der Waals surface area contributed by atoms with E-state index in [1.54, 1.807) is 12.3 Å². The van der Waals surface area contributed by atoms with E-state index < -0.39 is 0 Å². The van der Waals surface area contributed by atoms with Gasteiger partial charge in [0, 0.05) is 57.3 Å². The SMILES string of the molecule is CC(C)N1CCN(C(=O)C2CCN(c3cnn(Cc4ccccc4)c(=O)c3)CC2)CC1. The molecular formula is C24H33N5O2. The van der Waals surface area contributed by atoms with Gasteiger partial charge in [0.2, 0.25) is 5.91 Å². The van der Waals surface area contributed by atoms with E-state index in [0.717, 1.165) is 63.4 Å². The number of piperidine rings is 1. The minimum atomic E-state index is -0.0948. The maximum absolute atomic E-state index is 13.0. The van der Waals surface area contributed by atoms with Gasteiger partial charge in [0.1, 0.15) is 0 Å². The highest BCUT2D eigenvalue weighted by Gasteiger charge is 2.31. The lowest BCUT2D eigenvalue weighted by molar-refractivity contribution is -0.138. The molecular weight excluding hydrogens is 390 g/mol. The zero-order valence-corrected chi connectivity index (χ0v) is 18.6. The third-order valence-corrected chi connectivity index (χ3v) is 6.60. The minimum absolute atomic E-state index is 0.0910. The van der Waals surface area contributed by atoms with E-state index in [9.17, 15) is 9.59 Å². The molecule has 0 bridgehead atoms. The molecule has 7 nitrogen and oxygen atoms in total. The van der Waals surface area contributed by atoms with Crippen LogP contribution < -0.4 is 10.5 Å². The van der Waals surface area contributed by atoms with Crippen LogP contribution in [0.4, 0.5) is 5.69 Å². The predicted molar refractivity (Wildman–Crippen MR) is 122 cm³/mol. The molecule has 7 heteroatoms. The van der Waals surface area contributed by atoms with Crippen molar-refractivity contribution >= 4 is 11.6 Å². The number of hydrogen-bond acceptors (Lipinski definition) is 5. The smallest absolute Gasteiger partial charge is 0.269 e. The summed E-state index contributed by atoms with van der Waals surface area (Å²) in [7, 11) is 0. The molecule has 2 aliphatic heterocycles. The van der Waals surface area contributed by atoms with E-state index in [1.807, 2.05) is 35.2 Å². The van der Waals surface area contributed by atoms with Crippen LogP contribution in [0.3, 0.4) is 0 Å². The molecule has 3 heterocycles. The predicted octanol–water partition coefficient (Wildman–Crippen LogP) is 2.06. The molecule has 1 amide bonds. The Kier molecular flexibility index (Phi) is 6.70. The Bertz CT molecular complexity index is 926. The van der Waals surface area contributed by atoms with Gasteiger partial charge in [-0.2, -0.15) is 5.10 Å². The lowest BCUT2D eigenvalue weighted by Crippen LogP contribution is -2.53. The first-order valence-corrected chi connectivity index (χ1v) is 11.4. The molecule has 0 atom stereocenters. The quantitative estimate of drug-likeness (QED) is 0.737. The Morgan fingerprint density at radius 1 is 1.03 bits per heavy atom. The largest absolute Gasteiger partial charge is 0.370 e. The Morgan fingerprint density at radius 2 is 1.71 bits per heavy atom. The van der Waals surface area contributed by atoms with Gasteiger partial charge in [0.25, 0.3) is 5.56 Å². The van der Waals surface area contributed by atoms with Gasteiger partial charge in [-0.1, -0.05) is 30.3 Å². The number of nitrogens with zero attached hydrogens (tertiary/aromatic N) is 5. The molecule has 0 N–H and O–H groups in total. The molecule has 4 rings (SSSR count). The summed E-state index contributed by atoms with van der Waals surface area (Å²) in [6.07, 6.45) is 3.43. The van der Waals surface area contributed by atoms with Gasteiger partial charge in [0.15, 0.2) is 0 Å². The van der Waals surface area contributed by atoms with Crippen molar-refractivity contribution in [2.75, 3.05) is 44.2 Å². The number of carbonyl (C=O) groups is 1. The van der Waals surface area contributed by atoms with Crippen LogP contribution in [0, 0.1) is 5.92 Å². The monoisotopic (exact) mass is 423 g/mol. The number of anilines is 1. The molecule has 0 radical (unpaired) electrons. The first-order chi connectivity index (χ1) is 15.0. The van der Waals surface area contributed by atoms with E-state index in [0.29, 0.717) is 18.5 Å². The Hall–Kier alpha value is -2.67. The molecule has 166 valence electrons. The first kappa shape index (κ1) is 21.6. The molecule has 1 aromatic carbocycles. The summed E-state index contributed by atoms with van der Waals surface area (Å²) in [5, 5.41) is 4.38. The van der Waals surface area contributed by atoms with Crippen LogP contribution in [0.25, 0.3) is 0 Å². The van der Waals surface area contributed by atoms with Gasteiger partial charge in [-0.25, -0.2) is 4.68 Å². The number of hydrogen-bond donors (Lipinski definition) is 0. The molecule has 1 aromatic heterocycles. The molecule has 0 unspecified atom stereocenters. The summed E-state index contributed by atoms with van der Waals surface area (Å²) in [6.45, 7) is 10.1. The van der Waals surface area contributed by atoms with E-state index in [4.69, 9.17) is 0 Å². The molecule has 0 saturated carbocycles. The number of benzene rings is 1. The average molecular weight is 424 g/mol. The lowest BCUT2D eigenvalue weighted by Gasteiger charge is -2.40. The second-order valence-corrected chi connectivity index (χ2v) is 8.91. The second kappa shape index (κ2) is 9.64. The minimum Gasteiger partial charge on any atom is -0.370 e. The van der Waals surface area contributed by atoms with E-state index in [1.165, 1.54) is 4.68 Å². The molecule has 2 fully saturated rings. The van der Waals surface area contributed by atoms with Crippen molar-refractivity contribution in [1.29, 1.82) is 0 Å². The normalized spacial score (nSPS) is 18.5. The van der Waals surface area contributed by atoms with Crippen LogP contribution in [0.15, 0.2) is 47.4 Å². The van der Waals surface area contributed by atoms with Crippen LogP contribution >= 0.6 is 0 Å². The van der Waals surface area contributed by atoms with Crippen LogP contribution in [-0.2, 0) is 11.3 Å². The first-order valence-electron chi connectivity index (χ1n) is 11.4. The van der Waals surface area contributed by atoms with Gasteiger partial charge >= 0.3 is 0 Å². The zero-order valence-electron chi connectivity index (χ0n) is 18.6. The highest BCUT2D eigenvalue weighted by atomic mass is 16.2. The molecule has 0 spiro atoms. The summed E-state index contributed by atoms with van der Waals surface area (Å²) in [5.74, 6) is 0.396. The third-order valence-electron chi connectivity index (χ3n) is 6.60. The van der Waals surface area contributed by atoms with Gasteiger partial charge in [-0.05, 0) is 32.3 Å². The molecule has 0 aliphatic carbocycles. The Labute approximate surface area is 184 Å². The van der Waals surface area contributed by atoms with Crippen molar-refractivity contribution in [2.24, 2.45) is 5.92 Å². The Morgan fingerprint density at radius 3 is 2.32 bits per heavy atom. The van der Waals surface area contributed by atoms with Crippen molar-refractivity contribution in [3.8, 4) is 0 Å². The molecule has 2 saturated heterocycles. The van der Waals surface area contributed by atoms with E-state index in [-0.39, 0.29) is 11.5 Å². The number of amides is 1. The topological polar surface area (TPSA) is 61.7 Å². The number of carbonyl (C=O) groups excluding carboxylic acids is 1. The number of piperazine rings is 1. The van der Waals surface area contributed by atoms with E-state index in [2.05, 4.69) is 28.7 Å². The van der Waals surface area contributed by atoms with Gasteiger partial charge in [0.05, 0.1) is 18.4 Å². The fourth-order valence-electron chi connectivity index (χ4n) is 4.57. The molecule has 2 aliphatic rings. The standard InChI is InChI=1S/C24H33N5O2/c1-19(2)26-12-14-28(15-13-26)24(31)21-8-10-27(11-9-21)22-16-23(30)29(25-17-22)18-20-6-4-3-5-7-20/h3-7,16-17,19,21H,8-15,18H2,1-2H3. The van der Waals surface area contributed by atoms with Crippen LogP contribution in [0.1, 0.15) is 32.3 Å². The fraction of sp³-hybridized carbons (Fsp3) is 0.542. The number of aromatic nitrogens is 2. The van der Waals surface area contributed by atoms with Crippen molar-refractivity contribution in [2.45, 2.75) is 39.3 Å². The molecule has 2 aromatic rings. The summed E-state index contributed by atoms with van der Waals surface area (Å²) in [4.78, 5) is 32.2. The average Bonchev–Trinajstić information content (AvgIpc) is 2.81. The van der Waals surface area contributed by atoms with Gasteiger partial charge in [-0.15, -0.1) is 0 Å². The summed E-state index contributed by atoms with van der Waals surface area (Å²) in [6, 6.07) is 12.1. The van der Waals surface area contributed by atoms with Crippen LogP contribution in [-0.4, -0.2) is 70.8 Å². The van der Waals surface area contributed by atoms with Crippen molar-refractivity contribution in [1.82, 2.24) is 19.6 Å². The van der Waals surface area contributed by atoms with E-state index >= 15 is 0 Å². The summed E-state index contributed by atoms with van der Waals surface area (Å²) >= 11 is 0. The van der Waals surface area contributed by atoms with Crippen LogP contribution in [0.2, 0.25) is 0 Å². The van der Waals surface area contributed by atoms with Gasteiger partial charge in [-0.3, -0.25) is 14.5 Å². The maximum Gasteiger partial charge on any atom is 0.269 e. The van der Waals surface area contributed by atoms with Crippen molar-refractivity contribution in [3.05, 3.63) is 58.5 Å². The zero-order chi connectivity index (χ0) is 21.8. The summed E-state index contributed by atoms with van der Waals surface area (Å²) in [5.41, 5.74) is 1.81. The fourth-order valence-corrected chi connectivity index (χ4v) is 4.57. The third kappa shape index (κ3) is 5.15. The lowest BCUT2D eigenvalue weighted by atomic mass is 9.94. The highest BCUT2D eigenvalue weighted by molar-refractivity contribution is 5.79. The highest BCUT2D eigenvalue weighted by Crippen LogP contribution is 2.24. The number of rotatable bonds is 5. The maximum atomic E-state index is 13.0.